The first-order valence-electron chi connectivity index (χ1n) is 5.62. The number of aliphatic hydroxyl groups excluding tert-OH is 1. The van der Waals surface area contributed by atoms with E-state index in [0.29, 0.717) is 12.5 Å². The van der Waals surface area contributed by atoms with Gasteiger partial charge in [-0.3, -0.25) is 0 Å². The lowest BCUT2D eigenvalue weighted by Gasteiger charge is -2.31. The Hall–Kier alpha value is -0.860. The van der Waals surface area contributed by atoms with E-state index in [-0.39, 0.29) is 12.2 Å². The summed E-state index contributed by atoms with van der Waals surface area (Å²) < 4.78 is 5.70. The van der Waals surface area contributed by atoms with Gasteiger partial charge in [-0.05, 0) is 12.0 Å². The van der Waals surface area contributed by atoms with Crippen LogP contribution in [0.1, 0.15) is 31.2 Å². The second kappa shape index (κ2) is 4.77. The molecule has 0 spiro atoms. The van der Waals surface area contributed by atoms with Gasteiger partial charge in [0.2, 0.25) is 0 Å². The van der Waals surface area contributed by atoms with Crippen LogP contribution in [-0.4, -0.2) is 23.9 Å². The largest absolute Gasteiger partial charge is 0.393 e. The van der Waals surface area contributed by atoms with Gasteiger partial charge in [-0.25, -0.2) is 0 Å². The molecule has 1 heterocycles. The summed E-state index contributed by atoms with van der Waals surface area (Å²) >= 11 is 0. The average molecular weight is 206 g/mol. The number of aliphatic hydroxyl groups is 1. The molecular weight excluding hydrogens is 188 g/mol. The zero-order chi connectivity index (χ0) is 10.7. The number of hydrogen-bond acceptors (Lipinski definition) is 2. The summed E-state index contributed by atoms with van der Waals surface area (Å²) in [7, 11) is 0. The maximum absolute atomic E-state index is 9.60. The molecule has 0 aliphatic carbocycles. The topological polar surface area (TPSA) is 29.5 Å². The molecule has 1 N–H and O–H groups in total. The first kappa shape index (κ1) is 10.7. The second-order valence-electron chi connectivity index (χ2n) is 4.29. The van der Waals surface area contributed by atoms with Crippen LogP contribution in [0.5, 0.6) is 0 Å². The molecule has 1 aliphatic heterocycles. The molecule has 2 nitrogen and oxygen atoms in total. The van der Waals surface area contributed by atoms with Crippen molar-refractivity contribution < 1.29 is 9.84 Å². The molecule has 1 fully saturated rings. The lowest BCUT2D eigenvalue weighted by molar-refractivity contribution is -0.0525. The van der Waals surface area contributed by atoms with Crippen molar-refractivity contribution in [1.82, 2.24) is 0 Å². The van der Waals surface area contributed by atoms with Gasteiger partial charge in [-0.1, -0.05) is 37.3 Å². The fourth-order valence-electron chi connectivity index (χ4n) is 2.13. The fourth-order valence-corrected chi connectivity index (χ4v) is 2.13. The van der Waals surface area contributed by atoms with Crippen molar-refractivity contribution in [3.05, 3.63) is 35.9 Å². The summed E-state index contributed by atoms with van der Waals surface area (Å²) in [6.45, 7) is 2.85. The molecule has 1 aromatic rings. The fraction of sp³-hybridized carbons (Fsp3) is 0.538. The minimum Gasteiger partial charge on any atom is -0.393 e. The van der Waals surface area contributed by atoms with Gasteiger partial charge in [-0.15, -0.1) is 0 Å². The van der Waals surface area contributed by atoms with E-state index in [9.17, 15) is 5.11 Å². The summed E-state index contributed by atoms with van der Waals surface area (Å²) in [4.78, 5) is 0. The zero-order valence-corrected chi connectivity index (χ0v) is 9.10. The van der Waals surface area contributed by atoms with Crippen molar-refractivity contribution in [3.8, 4) is 0 Å². The molecule has 1 aromatic carbocycles. The van der Waals surface area contributed by atoms with Gasteiger partial charge in [0.05, 0.1) is 12.2 Å². The third-order valence-corrected chi connectivity index (χ3v) is 3.17. The van der Waals surface area contributed by atoms with Crippen molar-refractivity contribution in [1.29, 1.82) is 0 Å². The maximum Gasteiger partial charge on any atom is 0.0665 e. The van der Waals surface area contributed by atoms with E-state index in [4.69, 9.17) is 4.74 Å². The highest BCUT2D eigenvalue weighted by Gasteiger charge is 2.26. The maximum atomic E-state index is 9.60. The Bertz CT molecular complexity index is 297. The molecular formula is C13H18O2. The van der Waals surface area contributed by atoms with E-state index < -0.39 is 0 Å². The monoisotopic (exact) mass is 206 g/mol. The van der Waals surface area contributed by atoms with Crippen molar-refractivity contribution in [2.24, 2.45) is 0 Å². The van der Waals surface area contributed by atoms with E-state index in [1.165, 1.54) is 5.56 Å². The predicted molar refractivity (Wildman–Crippen MR) is 59.8 cm³/mol. The molecule has 0 radical (unpaired) electrons. The number of benzene rings is 1. The Morgan fingerprint density at radius 2 is 2.07 bits per heavy atom. The third-order valence-electron chi connectivity index (χ3n) is 3.17. The number of rotatable bonds is 2. The molecule has 3 atom stereocenters. The minimum absolute atomic E-state index is 0.163. The van der Waals surface area contributed by atoms with Crippen LogP contribution in [0.15, 0.2) is 30.3 Å². The van der Waals surface area contributed by atoms with Crippen LogP contribution in [0.25, 0.3) is 0 Å². The molecule has 82 valence electrons. The molecule has 1 saturated heterocycles. The Morgan fingerprint density at radius 3 is 2.73 bits per heavy atom. The van der Waals surface area contributed by atoms with E-state index in [2.05, 4.69) is 19.1 Å². The lowest BCUT2D eigenvalue weighted by Crippen LogP contribution is -2.32. The van der Waals surface area contributed by atoms with Gasteiger partial charge in [0, 0.05) is 18.9 Å². The van der Waals surface area contributed by atoms with Crippen LogP contribution in [0.3, 0.4) is 0 Å². The molecule has 15 heavy (non-hydrogen) atoms. The van der Waals surface area contributed by atoms with Crippen LogP contribution in [-0.2, 0) is 4.74 Å². The Labute approximate surface area is 90.9 Å². The van der Waals surface area contributed by atoms with Gasteiger partial charge in [0.25, 0.3) is 0 Å². The molecule has 3 unspecified atom stereocenters. The van der Waals surface area contributed by atoms with Gasteiger partial charge < -0.3 is 9.84 Å². The van der Waals surface area contributed by atoms with Crippen LogP contribution in [0.4, 0.5) is 0 Å². The third kappa shape index (κ3) is 2.58. The van der Waals surface area contributed by atoms with E-state index >= 15 is 0 Å². The van der Waals surface area contributed by atoms with Crippen molar-refractivity contribution in [2.75, 3.05) is 6.61 Å². The Kier molecular flexibility index (Phi) is 3.39. The normalized spacial score (nSPS) is 28.7. The summed E-state index contributed by atoms with van der Waals surface area (Å²) in [5, 5.41) is 9.60. The van der Waals surface area contributed by atoms with E-state index in [1.807, 2.05) is 18.2 Å². The van der Waals surface area contributed by atoms with Gasteiger partial charge in [-0.2, -0.15) is 0 Å². The van der Waals surface area contributed by atoms with Gasteiger partial charge in [0.15, 0.2) is 0 Å². The first-order valence-corrected chi connectivity index (χ1v) is 5.62. The highest BCUT2D eigenvalue weighted by Crippen LogP contribution is 2.27. The molecule has 2 rings (SSSR count). The Morgan fingerprint density at radius 1 is 1.33 bits per heavy atom. The van der Waals surface area contributed by atoms with Crippen molar-refractivity contribution >= 4 is 0 Å². The molecule has 0 aromatic heterocycles. The SMILES string of the molecule is CC(c1ccccc1)C1CC(O)CCO1. The van der Waals surface area contributed by atoms with Crippen LogP contribution in [0.2, 0.25) is 0 Å². The van der Waals surface area contributed by atoms with Crippen molar-refractivity contribution in [3.63, 3.8) is 0 Å². The summed E-state index contributed by atoms with van der Waals surface area (Å²) in [5.74, 6) is 0.362. The van der Waals surface area contributed by atoms with Crippen LogP contribution >= 0.6 is 0 Å². The van der Waals surface area contributed by atoms with E-state index in [1.54, 1.807) is 0 Å². The quantitative estimate of drug-likeness (QED) is 0.804. The van der Waals surface area contributed by atoms with E-state index in [0.717, 1.165) is 12.8 Å². The Balaban J connectivity index is 2.04. The molecule has 1 aliphatic rings. The molecule has 0 saturated carbocycles. The van der Waals surface area contributed by atoms with Crippen LogP contribution < -0.4 is 0 Å². The zero-order valence-electron chi connectivity index (χ0n) is 9.10. The van der Waals surface area contributed by atoms with Crippen LogP contribution in [0, 0.1) is 0 Å². The van der Waals surface area contributed by atoms with Crippen molar-refractivity contribution in [2.45, 2.75) is 37.9 Å². The number of hydrogen-bond donors (Lipinski definition) is 1. The summed E-state index contributed by atoms with van der Waals surface area (Å²) in [5.41, 5.74) is 1.29. The molecule has 0 amide bonds. The standard InChI is InChI=1S/C13H18O2/c1-10(11-5-3-2-4-6-11)13-9-12(14)7-8-15-13/h2-6,10,12-14H,7-9H2,1H3. The second-order valence-corrected chi connectivity index (χ2v) is 4.29. The van der Waals surface area contributed by atoms with Gasteiger partial charge >= 0.3 is 0 Å². The average Bonchev–Trinajstić information content (AvgIpc) is 2.29. The summed E-state index contributed by atoms with van der Waals surface area (Å²) in [6.07, 6.45) is 1.51. The predicted octanol–water partition coefficient (Wildman–Crippen LogP) is 2.33. The minimum atomic E-state index is -0.185. The smallest absolute Gasteiger partial charge is 0.0665 e. The first-order chi connectivity index (χ1) is 7.27. The van der Waals surface area contributed by atoms with Gasteiger partial charge in [0.1, 0.15) is 0 Å². The highest BCUT2D eigenvalue weighted by atomic mass is 16.5. The molecule has 2 heteroatoms. The lowest BCUT2D eigenvalue weighted by atomic mass is 9.90. The number of ether oxygens (including phenoxy) is 1. The highest BCUT2D eigenvalue weighted by molar-refractivity contribution is 5.20. The molecule has 0 bridgehead atoms. The summed E-state index contributed by atoms with van der Waals surface area (Å²) in [6, 6.07) is 10.4.